The first-order valence-corrected chi connectivity index (χ1v) is 7.24. The molecule has 0 bridgehead atoms. The van der Waals surface area contributed by atoms with Crippen LogP contribution in [0.3, 0.4) is 0 Å². The highest BCUT2D eigenvalue weighted by molar-refractivity contribution is 5.87. The summed E-state index contributed by atoms with van der Waals surface area (Å²) in [5.41, 5.74) is 0.823. The third-order valence-electron chi connectivity index (χ3n) is 2.96. The molecule has 1 unspecified atom stereocenters. The number of carbonyl (C=O) groups excluding carboxylic acids is 1. The minimum atomic E-state index is -0.990. The molecular weight excluding hydrogens is 298 g/mol. The summed E-state index contributed by atoms with van der Waals surface area (Å²) in [5.74, 6) is -0.815. The van der Waals surface area contributed by atoms with Gasteiger partial charge in [0.2, 0.25) is 0 Å². The SMILES string of the molecule is COc1ccc(C=CC(=O)OC(CC(=O)O)C[N+](C)(C)C)cc1. The molecule has 0 heterocycles. The summed E-state index contributed by atoms with van der Waals surface area (Å²) in [6.07, 6.45) is 2.04. The first-order chi connectivity index (χ1) is 10.7. The summed E-state index contributed by atoms with van der Waals surface area (Å²) < 4.78 is 10.8. The van der Waals surface area contributed by atoms with E-state index in [9.17, 15) is 9.59 Å². The molecule has 0 radical (unpaired) electrons. The summed E-state index contributed by atoms with van der Waals surface area (Å²) in [7, 11) is 7.32. The largest absolute Gasteiger partial charge is 0.497 e. The van der Waals surface area contributed by atoms with Crippen molar-refractivity contribution in [2.24, 2.45) is 0 Å². The van der Waals surface area contributed by atoms with Gasteiger partial charge in [-0.1, -0.05) is 12.1 Å². The van der Waals surface area contributed by atoms with Crippen LogP contribution >= 0.6 is 0 Å². The van der Waals surface area contributed by atoms with Crippen molar-refractivity contribution in [3.8, 4) is 5.75 Å². The molecule has 0 aliphatic rings. The van der Waals surface area contributed by atoms with Gasteiger partial charge in [0, 0.05) is 6.08 Å². The minimum absolute atomic E-state index is 0.211. The highest BCUT2D eigenvalue weighted by Gasteiger charge is 2.23. The van der Waals surface area contributed by atoms with Crippen LogP contribution in [0.15, 0.2) is 30.3 Å². The van der Waals surface area contributed by atoms with Gasteiger partial charge in [0.1, 0.15) is 12.3 Å². The van der Waals surface area contributed by atoms with Crippen molar-refractivity contribution < 1.29 is 28.7 Å². The maximum absolute atomic E-state index is 11.9. The van der Waals surface area contributed by atoms with E-state index < -0.39 is 18.0 Å². The molecule has 0 fully saturated rings. The van der Waals surface area contributed by atoms with Gasteiger partial charge in [-0.25, -0.2) is 4.79 Å². The number of ether oxygens (including phenoxy) is 2. The zero-order valence-electron chi connectivity index (χ0n) is 14.0. The molecule has 1 atom stereocenters. The number of rotatable bonds is 8. The lowest BCUT2D eigenvalue weighted by atomic mass is 10.2. The molecule has 0 saturated carbocycles. The van der Waals surface area contributed by atoms with Crippen LogP contribution < -0.4 is 4.74 Å². The number of quaternary nitrogens is 1. The van der Waals surface area contributed by atoms with Gasteiger partial charge < -0.3 is 19.1 Å². The second kappa shape index (κ2) is 8.33. The van der Waals surface area contributed by atoms with Gasteiger partial charge in [-0.15, -0.1) is 0 Å². The number of benzene rings is 1. The van der Waals surface area contributed by atoms with Gasteiger partial charge in [0.05, 0.1) is 34.7 Å². The van der Waals surface area contributed by atoms with E-state index in [4.69, 9.17) is 14.6 Å². The molecule has 0 saturated heterocycles. The quantitative estimate of drug-likeness (QED) is 0.449. The number of nitrogens with zero attached hydrogens (tertiary/aromatic N) is 1. The van der Waals surface area contributed by atoms with E-state index in [0.717, 1.165) is 11.3 Å². The van der Waals surface area contributed by atoms with Crippen LogP contribution in [0, 0.1) is 0 Å². The fourth-order valence-corrected chi connectivity index (χ4v) is 2.03. The van der Waals surface area contributed by atoms with Crippen molar-refractivity contribution >= 4 is 18.0 Å². The van der Waals surface area contributed by atoms with Gasteiger partial charge >= 0.3 is 11.9 Å². The maximum Gasteiger partial charge on any atom is 0.331 e. The highest BCUT2D eigenvalue weighted by Crippen LogP contribution is 2.12. The Morgan fingerprint density at radius 2 is 1.83 bits per heavy atom. The molecule has 1 N–H and O–H groups in total. The van der Waals surface area contributed by atoms with E-state index in [-0.39, 0.29) is 6.42 Å². The van der Waals surface area contributed by atoms with Gasteiger partial charge in [0.15, 0.2) is 6.10 Å². The molecule has 0 amide bonds. The Balaban J connectivity index is 2.66. The fraction of sp³-hybridized carbons (Fsp3) is 0.412. The molecule has 1 aromatic carbocycles. The van der Waals surface area contributed by atoms with E-state index in [1.165, 1.54) is 6.08 Å². The van der Waals surface area contributed by atoms with Crippen molar-refractivity contribution in [1.29, 1.82) is 0 Å². The van der Waals surface area contributed by atoms with Gasteiger partial charge in [0.25, 0.3) is 0 Å². The zero-order valence-corrected chi connectivity index (χ0v) is 14.0. The number of hydrogen-bond acceptors (Lipinski definition) is 4. The maximum atomic E-state index is 11.9. The second-order valence-electron chi connectivity index (χ2n) is 6.24. The first-order valence-electron chi connectivity index (χ1n) is 7.24. The summed E-state index contributed by atoms with van der Waals surface area (Å²) in [6.45, 7) is 0.425. The highest BCUT2D eigenvalue weighted by atomic mass is 16.5. The summed E-state index contributed by atoms with van der Waals surface area (Å²) in [5, 5.41) is 8.92. The van der Waals surface area contributed by atoms with Gasteiger partial charge in [-0.2, -0.15) is 0 Å². The topological polar surface area (TPSA) is 72.8 Å². The molecule has 6 nitrogen and oxygen atoms in total. The third-order valence-corrected chi connectivity index (χ3v) is 2.96. The van der Waals surface area contributed by atoms with Crippen molar-refractivity contribution in [3.05, 3.63) is 35.9 Å². The van der Waals surface area contributed by atoms with Crippen LogP contribution in [0.1, 0.15) is 12.0 Å². The predicted octanol–water partition coefficient (Wildman–Crippen LogP) is 1.80. The van der Waals surface area contributed by atoms with Crippen molar-refractivity contribution in [3.63, 3.8) is 0 Å². The Bertz CT molecular complexity index is 557. The van der Waals surface area contributed by atoms with E-state index in [2.05, 4.69) is 0 Å². The smallest absolute Gasteiger partial charge is 0.331 e. The number of hydrogen-bond donors (Lipinski definition) is 1. The average molecular weight is 322 g/mol. The molecule has 23 heavy (non-hydrogen) atoms. The lowest BCUT2D eigenvalue weighted by Gasteiger charge is -2.28. The summed E-state index contributed by atoms with van der Waals surface area (Å²) in [6, 6.07) is 7.19. The standard InChI is InChI=1S/C17H23NO5/c1-18(2,3)12-15(11-16(19)20)23-17(21)10-7-13-5-8-14(22-4)9-6-13/h5-10,15H,11-12H2,1-4H3/p+1. The molecule has 6 heteroatoms. The van der Waals surface area contributed by atoms with E-state index in [1.807, 2.05) is 33.3 Å². The van der Waals surface area contributed by atoms with Crippen LogP contribution in [0.4, 0.5) is 0 Å². The molecule has 1 rings (SSSR count). The average Bonchev–Trinajstić information content (AvgIpc) is 2.43. The molecular formula is C17H24NO5+. The Kier molecular flexibility index (Phi) is 6.78. The Hall–Kier alpha value is -2.34. The molecule has 126 valence electrons. The zero-order chi connectivity index (χ0) is 17.5. The first kappa shape index (κ1) is 18.7. The second-order valence-corrected chi connectivity index (χ2v) is 6.24. The number of aliphatic carboxylic acids is 1. The van der Waals surface area contributed by atoms with Crippen LogP contribution in [-0.4, -0.2) is 62.4 Å². The molecule has 0 aliphatic heterocycles. The normalized spacial score (nSPS) is 12.9. The van der Waals surface area contributed by atoms with Crippen molar-refractivity contribution in [2.75, 3.05) is 34.8 Å². The lowest BCUT2D eigenvalue weighted by molar-refractivity contribution is -0.873. The minimum Gasteiger partial charge on any atom is -0.497 e. The van der Waals surface area contributed by atoms with Crippen LogP contribution in [0.2, 0.25) is 0 Å². The molecule has 0 aliphatic carbocycles. The Morgan fingerprint density at radius 3 is 2.30 bits per heavy atom. The summed E-state index contributed by atoms with van der Waals surface area (Å²) in [4.78, 5) is 22.8. The number of carbonyl (C=O) groups is 2. The van der Waals surface area contributed by atoms with E-state index >= 15 is 0 Å². The van der Waals surface area contributed by atoms with Crippen LogP contribution in [0.25, 0.3) is 6.08 Å². The van der Waals surface area contributed by atoms with Crippen molar-refractivity contribution in [1.82, 2.24) is 0 Å². The van der Waals surface area contributed by atoms with E-state index in [1.54, 1.807) is 25.3 Å². The summed E-state index contributed by atoms with van der Waals surface area (Å²) >= 11 is 0. The molecule has 1 aromatic rings. The number of carboxylic acids is 1. The fourth-order valence-electron chi connectivity index (χ4n) is 2.03. The van der Waals surface area contributed by atoms with E-state index in [0.29, 0.717) is 11.0 Å². The molecule has 0 aromatic heterocycles. The Morgan fingerprint density at radius 1 is 1.22 bits per heavy atom. The van der Waals surface area contributed by atoms with Gasteiger partial charge in [-0.05, 0) is 23.8 Å². The van der Waals surface area contributed by atoms with Gasteiger partial charge in [-0.3, -0.25) is 4.79 Å². The van der Waals surface area contributed by atoms with Crippen LogP contribution in [-0.2, 0) is 14.3 Å². The predicted molar refractivity (Wildman–Crippen MR) is 87.1 cm³/mol. The van der Waals surface area contributed by atoms with Crippen LogP contribution in [0.5, 0.6) is 5.75 Å². The number of likely N-dealkylation sites (N-methyl/N-ethyl adjacent to an activating group) is 1. The number of methoxy groups -OCH3 is 1. The third kappa shape index (κ3) is 8.01. The number of carboxylic acid groups (broad SMARTS) is 1. The molecule has 0 spiro atoms. The van der Waals surface area contributed by atoms with Crippen molar-refractivity contribution in [2.45, 2.75) is 12.5 Å². The lowest BCUT2D eigenvalue weighted by Crippen LogP contribution is -2.43. The monoisotopic (exact) mass is 322 g/mol. The Labute approximate surface area is 136 Å². The number of esters is 1.